The molecule has 2 rings (SSSR count). The molecule has 0 bridgehead atoms. The summed E-state index contributed by atoms with van der Waals surface area (Å²) < 4.78 is 11.0. The highest BCUT2D eigenvalue weighted by atomic mass is 16.5. The number of ketones is 1. The van der Waals surface area contributed by atoms with Gasteiger partial charge in [-0.05, 0) is 34.7 Å². The van der Waals surface area contributed by atoms with Gasteiger partial charge in [0.15, 0.2) is 5.78 Å². The Morgan fingerprint density at radius 2 is 1.33 bits per heavy atom. The van der Waals surface area contributed by atoms with Gasteiger partial charge >= 0.3 is 0 Å². The molecule has 0 amide bonds. The Morgan fingerprint density at radius 3 is 1.81 bits per heavy atom. The third-order valence-corrected chi connectivity index (χ3v) is 4.15. The van der Waals surface area contributed by atoms with Crippen LogP contribution in [-0.2, 0) is 9.53 Å². The first kappa shape index (κ1) is 22.9. The van der Waals surface area contributed by atoms with Gasteiger partial charge in [-0.2, -0.15) is 0 Å². The molecule has 0 radical (unpaired) electrons. The average Bonchev–Trinajstić information content (AvgIpc) is 2.69. The quantitative estimate of drug-likeness (QED) is 0.499. The lowest BCUT2D eigenvalue weighted by Crippen LogP contribution is -2.17. The Morgan fingerprint density at radius 1 is 0.815 bits per heavy atom. The van der Waals surface area contributed by atoms with Crippen LogP contribution in [0.15, 0.2) is 48.5 Å². The van der Waals surface area contributed by atoms with Gasteiger partial charge in [0.25, 0.3) is 0 Å². The van der Waals surface area contributed by atoms with E-state index in [1.165, 1.54) is 16.7 Å². The largest absolute Gasteiger partial charge is 0.491 e. The van der Waals surface area contributed by atoms with Crippen LogP contribution >= 0.6 is 0 Å². The molecule has 0 saturated heterocycles. The number of rotatable bonds is 9. The monoisotopic (exact) mass is 370 g/mol. The Bertz CT molecular complexity index is 655. The second-order valence-corrected chi connectivity index (χ2v) is 6.82. The molecule has 0 N–H and O–H groups in total. The Kier molecular flexibility index (Phi) is 10.4. The van der Waals surface area contributed by atoms with Gasteiger partial charge in [0.1, 0.15) is 19.0 Å². The standard InChI is InChI=1S/C22H28O3.C2H6/c1-16(2)18-5-7-19(8-6-18)20-9-11-21(12-10-20)25-14-13-24-15-22(23)17(3)4;1-2/h5-12,16-17H,13-15H2,1-4H3;1-2H3. The van der Waals surface area contributed by atoms with E-state index < -0.39 is 0 Å². The number of hydrogen-bond acceptors (Lipinski definition) is 3. The van der Waals surface area contributed by atoms with Crippen molar-refractivity contribution in [2.75, 3.05) is 19.8 Å². The molecule has 0 spiro atoms. The molecule has 0 atom stereocenters. The van der Waals surface area contributed by atoms with Crippen LogP contribution in [0.4, 0.5) is 0 Å². The van der Waals surface area contributed by atoms with E-state index in [9.17, 15) is 4.79 Å². The molecule has 0 saturated carbocycles. The second-order valence-electron chi connectivity index (χ2n) is 6.82. The zero-order valence-corrected chi connectivity index (χ0v) is 17.6. The minimum absolute atomic E-state index is 0.0167. The summed E-state index contributed by atoms with van der Waals surface area (Å²) in [5.74, 6) is 1.49. The minimum atomic E-state index is 0.0167. The molecule has 27 heavy (non-hydrogen) atoms. The van der Waals surface area contributed by atoms with Crippen LogP contribution < -0.4 is 4.74 Å². The SMILES string of the molecule is CC.CC(C)C(=O)COCCOc1ccc(-c2ccc(C(C)C)cc2)cc1. The van der Waals surface area contributed by atoms with Gasteiger partial charge in [0.2, 0.25) is 0 Å². The maximum Gasteiger partial charge on any atom is 0.160 e. The third-order valence-electron chi connectivity index (χ3n) is 4.15. The van der Waals surface area contributed by atoms with Crippen molar-refractivity contribution in [3.8, 4) is 16.9 Å². The number of hydrogen-bond donors (Lipinski definition) is 0. The summed E-state index contributed by atoms with van der Waals surface area (Å²) in [5.41, 5.74) is 3.72. The molecule has 0 fully saturated rings. The summed E-state index contributed by atoms with van der Waals surface area (Å²) in [6.07, 6.45) is 0. The first-order chi connectivity index (χ1) is 13.0. The van der Waals surface area contributed by atoms with Crippen molar-refractivity contribution in [1.82, 2.24) is 0 Å². The summed E-state index contributed by atoms with van der Waals surface area (Å²) in [4.78, 5) is 11.4. The summed E-state index contributed by atoms with van der Waals surface area (Å²) in [6.45, 7) is 13.2. The predicted molar refractivity (Wildman–Crippen MR) is 113 cm³/mol. The second kappa shape index (κ2) is 12.3. The number of carbonyl (C=O) groups excluding carboxylic acids is 1. The molecule has 2 aromatic carbocycles. The Labute approximate surface area is 164 Å². The smallest absolute Gasteiger partial charge is 0.160 e. The van der Waals surface area contributed by atoms with Crippen LogP contribution in [0, 0.1) is 5.92 Å². The number of benzene rings is 2. The van der Waals surface area contributed by atoms with E-state index >= 15 is 0 Å². The lowest BCUT2D eigenvalue weighted by Gasteiger charge is -2.10. The molecular formula is C24H34O3. The highest BCUT2D eigenvalue weighted by Crippen LogP contribution is 2.24. The van der Waals surface area contributed by atoms with Crippen molar-refractivity contribution >= 4 is 5.78 Å². The van der Waals surface area contributed by atoms with Crippen LogP contribution in [0.25, 0.3) is 11.1 Å². The first-order valence-electron chi connectivity index (χ1n) is 9.91. The topological polar surface area (TPSA) is 35.5 Å². The Balaban J connectivity index is 0.00000176. The van der Waals surface area contributed by atoms with E-state index in [1.807, 2.05) is 39.8 Å². The summed E-state index contributed by atoms with van der Waals surface area (Å²) in [7, 11) is 0. The lowest BCUT2D eigenvalue weighted by molar-refractivity contribution is -0.126. The maximum absolute atomic E-state index is 11.4. The van der Waals surface area contributed by atoms with Gasteiger partial charge in [-0.3, -0.25) is 4.79 Å². The number of carbonyl (C=O) groups is 1. The molecular weight excluding hydrogens is 336 g/mol. The summed E-state index contributed by atoms with van der Waals surface area (Å²) in [5, 5.41) is 0. The van der Waals surface area contributed by atoms with Crippen LogP contribution in [0.2, 0.25) is 0 Å². The van der Waals surface area contributed by atoms with Gasteiger partial charge < -0.3 is 9.47 Å². The third kappa shape index (κ3) is 7.96. The van der Waals surface area contributed by atoms with E-state index in [0.717, 1.165) is 5.75 Å². The van der Waals surface area contributed by atoms with Crippen molar-refractivity contribution in [3.63, 3.8) is 0 Å². The molecule has 2 aromatic rings. The molecule has 0 heterocycles. The van der Waals surface area contributed by atoms with E-state index in [4.69, 9.17) is 9.47 Å². The lowest BCUT2D eigenvalue weighted by atomic mass is 9.99. The molecule has 0 aromatic heterocycles. The fraction of sp³-hybridized carbons (Fsp3) is 0.458. The van der Waals surface area contributed by atoms with Crippen molar-refractivity contribution in [2.24, 2.45) is 5.92 Å². The number of ether oxygens (including phenoxy) is 2. The van der Waals surface area contributed by atoms with Gasteiger partial charge in [-0.15, -0.1) is 0 Å². The molecule has 0 aliphatic rings. The van der Waals surface area contributed by atoms with Gasteiger partial charge in [-0.25, -0.2) is 0 Å². The zero-order chi connectivity index (χ0) is 20.2. The van der Waals surface area contributed by atoms with Gasteiger partial charge in [-0.1, -0.05) is 77.9 Å². The predicted octanol–water partition coefficient (Wildman–Crippen LogP) is 6.12. The molecule has 0 aliphatic heterocycles. The summed E-state index contributed by atoms with van der Waals surface area (Å²) >= 11 is 0. The molecule has 0 aliphatic carbocycles. The van der Waals surface area contributed by atoms with E-state index in [0.29, 0.717) is 19.1 Å². The van der Waals surface area contributed by atoms with E-state index in [1.54, 1.807) is 0 Å². The van der Waals surface area contributed by atoms with Crippen LogP contribution in [0.1, 0.15) is 53.0 Å². The molecule has 0 unspecified atom stereocenters. The van der Waals surface area contributed by atoms with Crippen molar-refractivity contribution in [1.29, 1.82) is 0 Å². The summed E-state index contributed by atoms with van der Waals surface area (Å²) in [6, 6.07) is 16.7. The van der Waals surface area contributed by atoms with Crippen molar-refractivity contribution < 1.29 is 14.3 Å². The van der Waals surface area contributed by atoms with Crippen LogP contribution in [0.5, 0.6) is 5.75 Å². The molecule has 3 nitrogen and oxygen atoms in total. The highest BCUT2D eigenvalue weighted by Gasteiger charge is 2.06. The normalized spacial score (nSPS) is 10.5. The fourth-order valence-corrected chi connectivity index (χ4v) is 2.36. The minimum Gasteiger partial charge on any atom is -0.491 e. The fourth-order valence-electron chi connectivity index (χ4n) is 2.36. The van der Waals surface area contributed by atoms with Gasteiger partial charge in [0, 0.05) is 5.92 Å². The van der Waals surface area contributed by atoms with E-state index in [2.05, 4.69) is 50.2 Å². The van der Waals surface area contributed by atoms with Crippen molar-refractivity contribution in [2.45, 2.75) is 47.5 Å². The van der Waals surface area contributed by atoms with Crippen LogP contribution in [0.3, 0.4) is 0 Å². The average molecular weight is 371 g/mol. The first-order valence-corrected chi connectivity index (χ1v) is 9.91. The van der Waals surface area contributed by atoms with Crippen LogP contribution in [-0.4, -0.2) is 25.6 Å². The molecule has 148 valence electrons. The maximum atomic E-state index is 11.4. The zero-order valence-electron chi connectivity index (χ0n) is 17.6. The van der Waals surface area contributed by atoms with Gasteiger partial charge in [0.05, 0.1) is 6.61 Å². The number of Topliss-reactive ketones (excluding diaryl/α,β-unsaturated/α-hetero) is 1. The van der Waals surface area contributed by atoms with E-state index in [-0.39, 0.29) is 18.3 Å². The van der Waals surface area contributed by atoms with Crippen molar-refractivity contribution in [3.05, 3.63) is 54.1 Å². The highest BCUT2D eigenvalue weighted by molar-refractivity contribution is 5.81. The Hall–Kier alpha value is -2.13. The molecule has 3 heteroatoms.